The van der Waals surface area contributed by atoms with Crippen molar-refractivity contribution in [1.29, 1.82) is 0 Å². The molecule has 0 amide bonds. The van der Waals surface area contributed by atoms with Gasteiger partial charge in [-0.3, -0.25) is 9.36 Å². The second kappa shape index (κ2) is 6.18. The smallest absolute Gasteiger partial charge is 0.299 e. The van der Waals surface area contributed by atoms with Crippen LogP contribution in [0.5, 0.6) is 6.01 Å². The van der Waals surface area contributed by atoms with Crippen LogP contribution >= 0.6 is 0 Å². The van der Waals surface area contributed by atoms with Gasteiger partial charge < -0.3 is 10.1 Å². The molecule has 0 saturated heterocycles. The summed E-state index contributed by atoms with van der Waals surface area (Å²) in [5, 5.41) is 3.18. The summed E-state index contributed by atoms with van der Waals surface area (Å²) in [7, 11) is 1.51. The van der Waals surface area contributed by atoms with Gasteiger partial charge in [-0.25, -0.2) is 9.97 Å². The van der Waals surface area contributed by atoms with Gasteiger partial charge in [0, 0.05) is 30.1 Å². The molecule has 0 aliphatic carbocycles. The summed E-state index contributed by atoms with van der Waals surface area (Å²) in [6.07, 6.45) is 1.72. The normalized spacial score (nSPS) is 10.3. The van der Waals surface area contributed by atoms with Crippen molar-refractivity contribution in [3.8, 4) is 6.01 Å². The molecule has 2 heterocycles. The van der Waals surface area contributed by atoms with E-state index in [1.165, 1.54) is 17.7 Å². The minimum atomic E-state index is -0.138. The first kappa shape index (κ1) is 14.0. The van der Waals surface area contributed by atoms with E-state index in [2.05, 4.69) is 15.3 Å². The summed E-state index contributed by atoms with van der Waals surface area (Å²) in [4.78, 5) is 20.6. The predicted molar refractivity (Wildman–Crippen MR) is 77.3 cm³/mol. The fraction of sp³-hybridized carbons (Fsp3) is 0.357. The Kier molecular flexibility index (Phi) is 4.34. The Labute approximate surface area is 117 Å². The van der Waals surface area contributed by atoms with Gasteiger partial charge in [0.1, 0.15) is 5.82 Å². The molecule has 0 saturated carbocycles. The van der Waals surface area contributed by atoms with Crippen molar-refractivity contribution in [2.75, 3.05) is 19.0 Å². The summed E-state index contributed by atoms with van der Waals surface area (Å²) < 4.78 is 6.68. The zero-order valence-electron chi connectivity index (χ0n) is 11.9. The van der Waals surface area contributed by atoms with Gasteiger partial charge in [-0.15, -0.1) is 0 Å². The van der Waals surface area contributed by atoms with E-state index in [1.54, 1.807) is 13.1 Å². The van der Waals surface area contributed by atoms with Crippen molar-refractivity contribution in [2.45, 2.75) is 20.4 Å². The third kappa shape index (κ3) is 2.96. The van der Waals surface area contributed by atoms with Crippen LogP contribution in [0.1, 0.15) is 18.2 Å². The van der Waals surface area contributed by atoms with E-state index in [4.69, 9.17) is 4.74 Å². The number of hydrogen-bond donors (Lipinski definition) is 1. The molecule has 6 nitrogen and oxygen atoms in total. The highest BCUT2D eigenvalue weighted by atomic mass is 16.5. The molecule has 2 rings (SSSR count). The number of methoxy groups -OCH3 is 1. The minimum Gasteiger partial charge on any atom is -0.468 e. The summed E-state index contributed by atoms with van der Waals surface area (Å²) in [5.74, 6) is 0.768. The van der Waals surface area contributed by atoms with E-state index in [-0.39, 0.29) is 5.56 Å². The van der Waals surface area contributed by atoms with Crippen LogP contribution < -0.4 is 15.6 Å². The van der Waals surface area contributed by atoms with Crippen molar-refractivity contribution >= 4 is 5.82 Å². The number of hydrogen-bond acceptors (Lipinski definition) is 5. The molecule has 6 heteroatoms. The van der Waals surface area contributed by atoms with Gasteiger partial charge in [-0.2, -0.15) is 0 Å². The first-order chi connectivity index (χ1) is 9.65. The van der Waals surface area contributed by atoms with Gasteiger partial charge in [0.05, 0.1) is 13.7 Å². The van der Waals surface area contributed by atoms with Crippen molar-refractivity contribution in [3.63, 3.8) is 0 Å². The molecule has 20 heavy (non-hydrogen) atoms. The van der Waals surface area contributed by atoms with Crippen LogP contribution in [-0.2, 0) is 6.54 Å². The highest BCUT2D eigenvalue weighted by molar-refractivity contribution is 5.43. The molecule has 0 spiro atoms. The lowest BCUT2D eigenvalue weighted by molar-refractivity contribution is 0.350. The zero-order chi connectivity index (χ0) is 14.5. The Morgan fingerprint density at radius 2 is 2.25 bits per heavy atom. The van der Waals surface area contributed by atoms with E-state index >= 15 is 0 Å². The van der Waals surface area contributed by atoms with E-state index < -0.39 is 0 Å². The minimum absolute atomic E-state index is 0.138. The molecule has 1 N–H and O–H groups in total. The fourth-order valence-corrected chi connectivity index (χ4v) is 1.96. The maximum absolute atomic E-state index is 12.1. The number of ether oxygens (including phenoxy) is 1. The molecular formula is C14H18N4O2. The highest BCUT2D eigenvalue weighted by Gasteiger charge is 2.10. The number of nitrogens with one attached hydrogen (secondary N) is 1. The Morgan fingerprint density at radius 3 is 2.95 bits per heavy atom. The second-order valence-corrected chi connectivity index (χ2v) is 4.35. The fourth-order valence-electron chi connectivity index (χ4n) is 1.96. The van der Waals surface area contributed by atoms with Crippen LogP contribution in [0, 0.1) is 6.92 Å². The Morgan fingerprint density at radius 1 is 1.45 bits per heavy atom. The van der Waals surface area contributed by atoms with Gasteiger partial charge in [0.25, 0.3) is 11.6 Å². The molecule has 0 fully saturated rings. The SMILES string of the molecule is CCNc1ncccc1Cn1c(OC)nc(C)cc1=O. The topological polar surface area (TPSA) is 69.0 Å². The Balaban J connectivity index is 2.42. The summed E-state index contributed by atoms with van der Waals surface area (Å²) in [6, 6.07) is 5.57. The lowest BCUT2D eigenvalue weighted by Gasteiger charge is -2.13. The largest absolute Gasteiger partial charge is 0.468 e. The van der Waals surface area contributed by atoms with Crippen molar-refractivity contribution in [2.24, 2.45) is 0 Å². The van der Waals surface area contributed by atoms with E-state index in [9.17, 15) is 4.79 Å². The number of anilines is 1. The molecule has 0 aliphatic heterocycles. The second-order valence-electron chi connectivity index (χ2n) is 4.35. The molecule has 0 aromatic carbocycles. The summed E-state index contributed by atoms with van der Waals surface area (Å²) >= 11 is 0. The highest BCUT2D eigenvalue weighted by Crippen LogP contribution is 2.15. The monoisotopic (exact) mass is 274 g/mol. The first-order valence-corrected chi connectivity index (χ1v) is 6.46. The lowest BCUT2D eigenvalue weighted by Crippen LogP contribution is -2.23. The standard InChI is InChI=1S/C14H18N4O2/c1-4-15-13-11(6-5-7-16-13)9-18-12(19)8-10(2)17-14(18)20-3/h5-8H,4,9H2,1-3H3,(H,15,16). The van der Waals surface area contributed by atoms with E-state index in [0.29, 0.717) is 18.2 Å². The van der Waals surface area contributed by atoms with Gasteiger partial charge in [-0.05, 0) is 19.9 Å². The molecule has 0 radical (unpaired) electrons. The molecule has 0 aliphatic rings. The average molecular weight is 274 g/mol. The predicted octanol–water partition coefficient (Wildman–Crippen LogP) is 1.44. The maximum Gasteiger partial charge on any atom is 0.299 e. The number of nitrogens with zero attached hydrogens (tertiary/aromatic N) is 3. The van der Waals surface area contributed by atoms with E-state index in [0.717, 1.165) is 17.9 Å². The van der Waals surface area contributed by atoms with Gasteiger partial charge >= 0.3 is 0 Å². The number of pyridine rings is 1. The van der Waals surface area contributed by atoms with Crippen LogP contribution in [-0.4, -0.2) is 28.2 Å². The Hall–Kier alpha value is -2.37. The van der Waals surface area contributed by atoms with Crippen LogP contribution in [0.25, 0.3) is 0 Å². The number of aryl methyl sites for hydroxylation is 1. The molecule has 2 aromatic rings. The van der Waals surface area contributed by atoms with Crippen molar-refractivity contribution in [1.82, 2.24) is 14.5 Å². The molecule has 106 valence electrons. The lowest BCUT2D eigenvalue weighted by atomic mass is 10.2. The van der Waals surface area contributed by atoms with E-state index in [1.807, 2.05) is 19.1 Å². The van der Waals surface area contributed by atoms with Gasteiger partial charge in [-0.1, -0.05) is 6.07 Å². The van der Waals surface area contributed by atoms with Crippen LogP contribution in [0.2, 0.25) is 0 Å². The summed E-state index contributed by atoms with van der Waals surface area (Å²) in [5.41, 5.74) is 1.42. The summed E-state index contributed by atoms with van der Waals surface area (Å²) in [6.45, 7) is 4.90. The van der Waals surface area contributed by atoms with Crippen LogP contribution in [0.4, 0.5) is 5.82 Å². The van der Waals surface area contributed by atoms with Crippen LogP contribution in [0.15, 0.2) is 29.2 Å². The third-order valence-corrected chi connectivity index (χ3v) is 2.85. The molecule has 0 unspecified atom stereocenters. The third-order valence-electron chi connectivity index (χ3n) is 2.85. The maximum atomic E-state index is 12.1. The van der Waals surface area contributed by atoms with Crippen molar-refractivity contribution < 1.29 is 4.74 Å². The van der Waals surface area contributed by atoms with Gasteiger partial charge in [0.15, 0.2) is 0 Å². The molecule has 0 bridgehead atoms. The number of aromatic nitrogens is 3. The number of rotatable bonds is 5. The molecule has 0 atom stereocenters. The van der Waals surface area contributed by atoms with Crippen LogP contribution in [0.3, 0.4) is 0 Å². The Bertz CT molecular complexity index is 652. The quantitative estimate of drug-likeness (QED) is 0.893. The first-order valence-electron chi connectivity index (χ1n) is 6.46. The average Bonchev–Trinajstić information content (AvgIpc) is 2.43. The zero-order valence-corrected chi connectivity index (χ0v) is 11.9. The van der Waals surface area contributed by atoms with Crippen molar-refractivity contribution in [3.05, 3.63) is 46.0 Å². The molecule has 2 aromatic heterocycles. The molecular weight excluding hydrogens is 256 g/mol. The van der Waals surface area contributed by atoms with Gasteiger partial charge in [0.2, 0.25) is 0 Å².